The zero-order chi connectivity index (χ0) is 11.4. The van der Waals surface area contributed by atoms with Crippen molar-refractivity contribution in [2.45, 2.75) is 38.9 Å². The summed E-state index contributed by atoms with van der Waals surface area (Å²) in [5.41, 5.74) is 0.635. The monoisotopic (exact) mass is 226 g/mol. The van der Waals surface area contributed by atoms with Gasteiger partial charge in [0, 0.05) is 19.0 Å². The van der Waals surface area contributed by atoms with Crippen LogP contribution in [0.25, 0.3) is 0 Å². The van der Waals surface area contributed by atoms with Crippen LogP contribution in [0.3, 0.4) is 0 Å². The van der Waals surface area contributed by atoms with Crippen molar-refractivity contribution >= 4 is 0 Å². The quantitative estimate of drug-likeness (QED) is 0.849. The molecule has 2 unspecified atom stereocenters. The number of halogens is 1. The second kappa shape index (κ2) is 5.39. The maximum Gasteiger partial charge on any atom is 0.147 e. The van der Waals surface area contributed by atoms with Crippen molar-refractivity contribution in [3.05, 3.63) is 11.9 Å². The van der Waals surface area contributed by atoms with Crippen molar-refractivity contribution in [2.75, 3.05) is 13.1 Å². The summed E-state index contributed by atoms with van der Waals surface area (Å²) in [6.07, 6.45) is 3.58. The van der Waals surface area contributed by atoms with Gasteiger partial charge in [0.15, 0.2) is 0 Å². The Bertz CT molecular complexity index is 320. The van der Waals surface area contributed by atoms with E-state index in [2.05, 4.69) is 22.6 Å². The normalized spacial score (nSPS) is 23.2. The summed E-state index contributed by atoms with van der Waals surface area (Å²) in [5.74, 6) is 0.0721. The number of aryl methyl sites for hydroxylation is 1. The lowest BCUT2D eigenvalue weighted by Crippen LogP contribution is -2.32. The van der Waals surface area contributed by atoms with E-state index in [1.807, 2.05) is 0 Å². The van der Waals surface area contributed by atoms with Crippen LogP contribution in [-0.4, -0.2) is 28.1 Å². The molecule has 1 aromatic heterocycles. The van der Waals surface area contributed by atoms with Gasteiger partial charge in [0.2, 0.25) is 0 Å². The van der Waals surface area contributed by atoms with Crippen LogP contribution < -0.4 is 5.32 Å². The highest BCUT2D eigenvalue weighted by Gasteiger charge is 2.27. The number of rotatable bonds is 4. The molecule has 2 atom stereocenters. The molecule has 0 spiro atoms. The van der Waals surface area contributed by atoms with E-state index < -0.39 is 6.17 Å². The van der Waals surface area contributed by atoms with Crippen LogP contribution in [-0.2, 0) is 6.54 Å². The van der Waals surface area contributed by atoms with Crippen molar-refractivity contribution in [1.82, 2.24) is 20.3 Å². The Morgan fingerprint density at radius 2 is 2.56 bits per heavy atom. The molecule has 0 bridgehead atoms. The summed E-state index contributed by atoms with van der Waals surface area (Å²) in [5, 5.41) is 11.0. The summed E-state index contributed by atoms with van der Waals surface area (Å²) in [4.78, 5) is 0. The molecule has 1 aromatic rings. The van der Waals surface area contributed by atoms with Crippen LogP contribution in [0.4, 0.5) is 4.39 Å². The van der Waals surface area contributed by atoms with Crippen molar-refractivity contribution < 1.29 is 4.39 Å². The number of aromatic nitrogens is 3. The fourth-order valence-electron chi connectivity index (χ4n) is 2.23. The number of hydrogen-bond donors (Lipinski definition) is 1. The summed E-state index contributed by atoms with van der Waals surface area (Å²) in [6.45, 7) is 4.57. The second-order valence-electron chi connectivity index (χ2n) is 4.39. The van der Waals surface area contributed by atoms with Crippen LogP contribution >= 0.6 is 0 Å². The summed E-state index contributed by atoms with van der Waals surface area (Å²) < 4.78 is 16.0. The fourth-order valence-corrected chi connectivity index (χ4v) is 2.23. The average molecular weight is 226 g/mol. The Hall–Kier alpha value is -0.970. The van der Waals surface area contributed by atoms with Crippen molar-refractivity contribution in [1.29, 1.82) is 0 Å². The molecule has 1 saturated heterocycles. The zero-order valence-corrected chi connectivity index (χ0v) is 9.69. The van der Waals surface area contributed by atoms with Crippen molar-refractivity contribution in [3.8, 4) is 0 Å². The van der Waals surface area contributed by atoms with Gasteiger partial charge >= 0.3 is 0 Å². The van der Waals surface area contributed by atoms with E-state index in [1.54, 1.807) is 10.9 Å². The molecule has 1 aliphatic heterocycles. The van der Waals surface area contributed by atoms with E-state index in [0.717, 1.165) is 38.9 Å². The van der Waals surface area contributed by atoms with Gasteiger partial charge < -0.3 is 5.32 Å². The number of hydrogen-bond acceptors (Lipinski definition) is 3. The lowest BCUT2D eigenvalue weighted by Gasteiger charge is -2.25. The fraction of sp³-hybridized carbons (Fsp3) is 0.818. The van der Waals surface area contributed by atoms with Gasteiger partial charge in [-0.1, -0.05) is 12.1 Å². The molecule has 1 fully saturated rings. The number of alkyl halides is 1. The highest BCUT2D eigenvalue weighted by atomic mass is 19.1. The van der Waals surface area contributed by atoms with E-state index >= 15 is 0 Å². The second-order valence-corrected chi connectivity index (χ2v) is 4.39. The first kappa shape index (κ1) is 11.5. The Kier molecular flexibility index (Phi) is 3.88. The predicted molar refractivity (Wildman–Crippen MR) is 59.8 cm³/mol. The van der Waals surface area contributed by atoms with Gasteiger partial charge in [-0.05, 0) is 25.8 Å². The standard InChI is InChI=1S/C11H19FN4/c1-2-6-16-10(8-14-15-16)11(12)9-4-3-5-13-7-9/h8-9,11,13H,2-7H2,1H3. The molecule has 1 aliphatic rings. The molecule has 0 radical (unpaired) electrons. The number of piperidine rings is 1. The third-order valence-corrected chi connectivity index (χ3v) is 3.11. The third kappa shape index (κ3) is 2.40. The highest BCUT2D eigenvalue weighted by molar-refractivity contribution is 5.02. The molecule has 90 valence electrons. The van der Waals surface area contributed by atoms with Gasteiger partial charge in [-0.3, -0.25) is 0 Å². The minimum Gasteiger partial charge on any atom is -0.316 e. The lowest BCUT2D eigenvalue weighted by atomic mass is 9.93. The van der Waals surface area contributed by atoms with Crippen LogP contribution in [0, 0.1) is 5.92 Å². The van der Waals surface area contributed by atoms with E-state index in [1.165, 1.54) is 0 Å². The zero-order valence-electron chi connectivity index (χ0n) is 9.69. The first-order chi connectivity index (χ1) is 7.83. The van der Waals surface area contributed by atoms with Gasteiger partial charge in [0.25, 0.3) is 0 Å². The first-order valence-corrected chi connectivity index (χ1v) is 6.06. The minimum absolute atomic E-state index is 0.0721. The van der Waals surface area contributed by atoms with Crippen LogP contribution in [0.5, 0.6) is 0 Å². The van der Waals surface area contributed by atoms with Crippen LogP contribution in [0.1, 0.15) is 38.1 Å². The lowest BCUT2D eigenvalue weighted by molar-refractivity contribution is 0.183. The SMILES string of the molecule is CCCn1nncc1C(F)C1CCCNC1. The van der Waals surface area contributed by atoms with Gasteiger partial charge in [-0.2, -0.15) is 0 Å². The number of nitrogens with zero attached hydrogens (tertiary/aromatic N) is 3. The molecule has 5 heteroatoms. The van der Waals surface area contributed by atoms with E-state index in [4.69, 9.17) is 0 Å². The molecule has 2 heterocycles. The summed E-state index contributed by atoms with van der Waals surface area (Å²) in [6, 6.07) is 0. The smallest absolute Gasteiger partial charge is 0.147 e. The molecule has 1 N–H and O–H groups in total. The minimum atomic E-state index is -0.936. The maximum atomic E-state index is 14.3. The molecule has 0 aromatic carbocycles. The Morgan fingerprint density at radius 1 is 1.69 bits per heavy atom. The predicted octanol–water partition coefficient (Wildman–Crippen LogP) is 1.70. The van der Waals surface area contributed by atoms with E-state index in [0.29, 0.717) is 5.69 Å². The van der Waals surface area contributed by atoms with Crippen LogP contribution in [0.15, 0.2) is 6.20 Å². The van der Waals surface area contributed by atoms with Crippen molar-refractivity contribution in [3.63, 3.8) is 0 Å². The average Bonchev–Trinajstić information content (AvgIpc) is 2.78. The molecular weight excluding hydrogens is 207 g/mol. The van der Waals surface area contributed by atoms with Gasteiger partial charge in [-0.25, -0.2) is 9.07 Å². The van der Waals surface area contributed by atoms with Crippen molar-refractivity contribution in [2.24, 2.45) is 5.92 Å². The van der Waals surface area contributed by atoms with Gasteiger partial charge in [0.1, 0.15) is 6.17 Å². The Labute approximate surface area is 95.2 Å². The number of nitrogens with one attached hydrogen (secondary N) is 1. The largest absolute Gasteiger partial charge is 0.316 e. The van der Waals surface area contributed by atoms with E-state index in [9.17, 15) is 4.39 Å². The van der Waals surface area contributed by atoms with Crippen LogP contribution in [0.2, 0.25) is 0 Å². The van der Waals surface area contributed by atoms with Gasteiger partial charge in [-0.15, -0.1) is 5.10 Å². The topological polar surface area (TPSA) is 42.7 Å². The summed E-state index contributed by atoms with van der Waals surface area (Å²) >= 11 is 0. The highest BCUT2D eigenvalue weighted by Crippen LogP contribution is 2.30. The molecule has 4 nitrogen and oxygen atoms in total. The first-order valence-electron chi connectivity index (χ1n) is 6.06. The molecule has 0 aliphatic carbocycles. The van der Waals surface area contributed by atoms with E-state index in [-0.39, 0.29) is 5.92 Å². The molecular formula is C11H19FN4. The molecule has 16 heavy (non-hydrogen) atoms. The third-order valence-electron chi connectivity index (χ3n) is 3.11. The Balaban J connectivity index is 2.06. The summed E-state index contributed by atoms with van der Waals surface area (Å²) in [7, 11) is 0. The molecule has 2 rings (SSSR count). The molecule has 0 amide bonds. The maximum absolute atomic E-state index is 14.3. The van der Waals surface area contributed by atoms with Gasteiger partial charge in [0.05, 0.1) is 11.9 Å². The molecule has 0 saturated carbocycles. The Morgan fingerprint density at radius 3 is 3.25 bits per heavy atom.